The lowest BCUT2D eigenvalue weighted by Crippen LogP contribution is -2.33. The molecule has 3 nitrogen and oxygen atoms in total. The molecule has 112 valence electrons. The molecule has 0 spiro atoms. The Morgan fingerprint density at radius 3 is 2.71 bits per heavy atom. The predicted molar refractivity (Wildman–Crippen MR) is 86.2 cm³/mol. The third-order valence-electron chi connectivity index (χ3n) is 3.65. The van der Waals surface area contributed by atoms with Gasteiger partial charge in [0.25, 0.3) is 0 Å². The summed E-state index contributed by atoms with van der Waals surface area (Å²) < 4.78 is 0. The first kappa shape index (κ1) is 15.5. The molecule has 0 aromatic heterocycles. The van der Waals surface area contributed by atoms with Gasteiger partial charge in [-0.25, -0.2) is 0 Å². The lowest BCUT2D eigenvalue weighted by molar-refractivity contribution is -0.121. The van der Waals surface area contributed by atoms with E-state index in [1.807, 2.05) is 19.1 Å². The highest BCUT2D eigenvalue weighted by atomic mass is 16.3. The van der Waals surface area contributed by atoms with Crippen molar-refractivity contribution in [1.29, 1.82) is 0 Å². The van der Waals surface area contributed by atoms with Crippen molar-refractivity contribution >= 4 is 16.7 Å². The standard InChI is InChI=1S/C18H23NO2/c1-14(11-12-20)19-18(21)8-4-5-15-9-10-16-6-2-3-7-17(16)13-15/h2-3,6-7,9-10,13-14,20H,4-5,8,11-12H2,1H3,(H,19,21). The summed E-state index contributed by atoms with van der Waals surface area (Å²) in [5, 5.41) is 14.2. The van der Waals surface area contributed by atoms with Crippen LogP contribution in [0.2, 0.25) is 0 Å². The molecule has 0 fully saturated rings. The summed E-state index contributed by atoms with van der Waals surface area (Å²) in [6.45, 7) is 2.02. The van der Waals surface area contributed by atoms with Crippen LogP contribution in [-0.2, 0) is 11.2 Å². The smallest absolute Gasteiger partial charge is 0.220 e. The minimum Gasteiger partial charge on any atom is -0.396 e. The van der Waals surface area contributed by atoms with Crippen LogP contribution in [0.4, 0.5) is 0 Å². The van der Waals surface area contributed by atoms with Gasteiger partial charge in [-0.1, -0.05) is 42.5 Å². The zero-order valence-corrected chi connectivity index (χ0v) is 12.5. The van der Waals surface area contributed by atoms with E-state index < -0.39 is 0 Å². The summed E-state index contributed by atoms with van der Waals surface area (Å²) in [4.78, 5) is 11.7. The molecule has 0 radical (unpaired) electrons. The molecular weight excluding hydrogens is 262 g/mol. The molecule has 0 aliphatic rings. The number of nitrogens with one attached hydrogen (secondary N) is 1. The number of fused-ring (bicyclic) bond motifs is 1. The molecule has 2 aromatic carbocycles. The van der Waals surface area contributed by atoms with Crippen LogP contribution in [0.15, 0.2) is 42.5 Å². The summed E-state index contributed by atoms with van der Waals surface area (Å²) >= 11 is 0. The minimum absolute atomic E-state index is 0.0446. The van der Waals surface area contributed by atoms with Crippen LogP contribution >= 0.6 is 0 Å². The highest BCUT2D eigenvalue weighted by Crippen LogP contribution is 2.17. The number of rotatable bonds is 7. The van der Waals surface area contributed by atoms with E-state index in [9.17, 15) is 4.79 Å². The van der Waals surface area contributed by atoms with Crippen molar-refractivity contribution in [2.75, 3.05) is 6.61 Å². The summed E-state index contributed by atoms with van der Waals surface area (Å²) in [5.74, 6) is 0.0664. The summed E-state index contributed by atoms with van der Waals surface area (Å²) in [6.07, 6.45) is 2.89. The second-order valence-electron chi connectivity index (χ2n) is 5.52. The van der Waals surface area contributed by atoms with Gasteiger partial charge >= 0.3 is 0 Å². The topological polar surface area (TPSA) is 49.3 Å². The van der Waals surface area contributed by atoms with Crippen molar-refractivity contribution in [3.63, 3.8) is 0 Å². The van der Waals surface area contributed by atoms with Gasteiger partial charge in [-0.15, -0.1) is 0 Å². The fourth-order valence-electron chi connectivity index (χ4n) is 2.46. The van der Waals surface area contributed by atoms with E-state index in [1.165, 1.54) is 16.3 Å². The minimum atomic E-state index is 0.0446. The van der Waals surface area contributed by atoms with Crippen molar-refractivity contribution < 1.29 is 9.90 Å². The SMILES string of the molecule is CC(CCO)NC(=O)CCCc1ccc2ccccc2c1. The van der Waals surface area contributed by atoms with Crippen LogP contribution in [0.3, 0.4) is 0 Å². The van der Waals surface area contributed by atoms with Gasteiger partial charge < -0.3 is 10.4 Å². The summed E-state index contributed by atoms with van der Waals surface area (Å²) in [7, 11) is 0. The molecule has 3 heteroatoms. The van der Waals surface area contributed by atoms with Crippen molar-refractivity contribution in [3.8, 4) is 0 Å². The molecule has 1 atom stereocenters. The molecule has 0 bridgehead atoms. The van der Waals surface area contributed by atoms with Crippen LogP contribution in [-0.4, -0.2) is 23.7 Å². The Kier molecular flexibility index (Phi) is 5.76. The van der Waals surface area contributed by atoms with Crippen molar-refractivity contribution in [2.45, 2.75) is 38.6 Å². The Labute approximate surface area is 126 Å². The molecule has 0 aliphatic carbocycles. The van der Waals surface area contributed by atoms with Gasteiger partial charge in [0.1, 0.15) is 0 Å². The first-order chi connectivity index (χ1) is 10.2. The van der Waals surface area contributed by atoms with Gasteiger partial charge in [0.05, 0.1) is 0 Å². The molecule has 2 aromatic rings. The summed E-state index contributed by atoms with van der Waals surface area (Å²) in [6, 6.07) is 14.8. The number of amides is 1. The van der Waals surface area contributed by atoms with Crippen LogP contribution in [0.5, 0.6) is 0 Å². The van der Waals surface area contributed by atoms with E-state index in [2.05, 4.69) is 35.6 Å². The number of carbonyl (C=O) groups excluding carboxylic acids is 1. The van der Waals surface area contributed by atoms with E-state index in [0.717, 1.165) is 12.8 Å². The molecule has 0 aliphatic heterocycles. The number of hydrogen-bond donors (Lipinski definition) is 2. The van der Waals surface area contributed by atoms with Crippen LogP contribution in [0.25, 0.3) is 10.8 Å². The largest absolute Gasteiger partial charge is 0.396 e. The Morgan fingerprint density at radius 2 is 1.95 bits per heavy atom. The van der Waals surface area contributed by atoms with E-state index in [-0.39, 0.29) is 18.6 Å². The number of aliphatic hydroxyl groups is 1. The normalized spacial score (nSPS) is 12.3. The van der Waals surface area contributed by atoms with Gasteiger partial charge in [0.15, 0.2) is 0 Å². The van der Waals surface area contributed by atoms with Gasteiger partial charge in [-0.3, -0.25) is 4.79 Å². The zero-order valence-electron chi connectivity index (χ0n) is 12.5. The number of benzene rings is 2. The van der Waals surface area contributed by atoms with Gasteiger partial charge in [0, 0.05) is 19.1 Å². The molecule has 0 saturated carbocycles. The Hall–Kier alpha value is -1.87. The first-order valence-corrected chi connectivity index (χ1v) is 7.57. The lowest BCUT2D eigenvalue weighted by atomic mass is 10.0. The quantitative estimate of drug-likeness (QED) is 0.821. The van der Waals surface area contributed by atoms with E-state index in [4.69, 9.17) is 5.11 Å². The molecule has 1 unspecified atom stereocenters. The third kappa shape index (κ3) is 4.87. The number of hydrogen-bond acceptors (Lipinski definition) is 2. The predicted octanol–water partition coefficient (Wildman–Crippen LogP) is 3.05. The zero-order chi connectivity index (χ0) is 15.1. The summed E-state index contributed by atoms with van der Waals surface area (Å²) in [5.41, 5.74) is 1.27. The van der Waals surface area contributed by atoms with E-state index >= 15 is 0 Å². The van der Waals surface area contributed by atoms with Gasteiger partial charge in [-0.2, -0.15) is 0 Å². The maximum absolute atomic E-state index is 11.7. The van der Waals surface area contributed by atoms with Crippen LogP contribution < -0.4 is 5.32 Å². The second-order valence-corrected chi connectivity index (χ2v) is 5.52. The van der Waals surface area contributed by atoms with Crippen LogP contribution in [0, 0.1) is 0 Å². The monoisotopic (exact) mass is 285 g/mol. The Balaban J connectivity index is 1.80. The molecular formula is C18H23NO2. The van der Waals surface area contributed by atoms with E-state index in [0.29, 0.717) is 12.8 Å². The number of aryl methyl sites for hydroxylation is 1. The fraction of sp³-hybridized carbons (Fsp3) is 0.389. The van der Waals surface area contributed by atoms with Crippen LogP contribution in [0.1, 0.15) is 31.7 Å². The van der Waals surface area contributed by atoms with Gasteiger partial charge in [0.2, 0.25) is 5.91 Å². The first-order valence-electron chi connectivity index (χ1n) is 7.57. The molecule has 21 heavy (non-hydrogen) atoms. The van der Waals surface area contributed by atoms with Crippen molar-refractivity contribution in [1.82, 2.24) is 5.32 Å². The molecule has 1 amide bonds. The van der Waals surface area contributed by atoms with E-state index in [1.54, 1.807) is 0 Å². The average Bonchev–Trinajstić information content (AvgIpc) is 2.47. The number of carbonyl (C=O) groups is 1. The molecule has 0 heterocycles. The average molecular weight is 285 g/mol. The molecule has 0 saturated heterocycles. The molecule has 2 rings (SSSR count). The number of aliphatic hydroxyl groups excluding tert-OH is 1. The Morgan fingerprint density at radius 1 is 1.19 bits per heavy atom. The highest BCUT2D eigenvalue weighted by molar-refractivity contribution is 5.83. The fourth-order valence-corrected chi connectivity index (χ4v) is 2.46. The van der Waals surface area contributed by atoms with Crippen molar-refractivity contribution in [3.05, 3.63) is 48.0 Å². The van der Waals surface area contributed by atoms with Crippen molar-refractivity contribution in [2.24, 2.45) is 0 Å². The highest BCUT2D eigenvalue weighted by Gasteiger charge is 2.06. The Bertz CT molecular complexity index is 595. The van der Waals surface area contributed by atoms with Gasteiger partial charge in [-0.05, 0) is 42.5 Å². The maximum Gasteiger partial charge on any atom is 0.220 e. The third-order valence-corrected chi connectivity index (χ3v) is 3.65. The second kappa shape index (κ2) is 7.79. The lowest BCUT2D eigenvalue weighted by Gasteiger charge is -2.12. The maximum atomic E-state index is 11.7. The molecule has 2 N–H and O–H groups in total.